The smallest absolute Gasteiger partial charge is 0.228 e. The lowest BCUT2D eigenvalue weighted by Crippen LogP contribution is -2.44. The van der Waals surface area contributed by atoms with Gasteiger partial charge in [0.25, 0.3) is 0 Å². The van der Waals surface area contributed by atoms with Crippen LogP contribution in [0.1, 0.15) is 25.7 Å². The molecule has 0 bridgehead atoms. The van der Waals surface area contributed by atoms with Gasteiger partial charge in [0, 0.05) is 25.4 Å². The zero-order valence-corrected chi connectivity index (χ0v) is 11.6. The topological polar surface area (TPSA) is 97.5 Å². The van der Waals surface area contributed by atoms with Crippen LogP contribution in [0.3, 0.4) is 0 Å². The fourth-order valence-corrected chi connectivity index (χ4v) is 5.96. The van der Waals surface area contributed by atoms with Gasteiger partial charge in [0.1, 0.15) is 0 Å². The van der Waals surface area contributed by atoms with E-state index in [1.54, 1.807) is 0 Å². The van der Waals surface area contributed by atoms with Gasteiger partial charge in [-0.2, -0.15) is 4.31 Å². The summed E-state index contributed by atoms with van der Waals surface area (Å²) in [6.07, 6.45) is 4.49. The molecule has 0 radical (unpaired) electrons. The van der Waals surface area contributed by atoms with E-state index in [-0.39, 0.29) is 19.1 Å². The fourth-order valence-electron chi connectivity index (χ4n) is 2.21. The Morgan fingerprint density at radius 3 is 2.12 bits per heavy atom. The summed E-state index contributed by atoms with van der Waals surface area (Å²) < 4.78 is 47.6. The molecule has 8 heteroatoms. The quantitative estimate of drug-likeness (QED) is 0.710. The molecule has 2 N–H and O–H groups in total. The van der Waals surface area contributed by atoms with Crippen molar-refractivity contribution in [2.75, 3.05) is 24.4 Å². The Bertz CT molecular complexity index is 438. The van der Waals surface area contributed by atoms with Gasteiger partial charge in [-0.25, -0.2) is 16.8 Å². The minimum Gasteiger partial charge on any atom is -0.329 e. The van der Waals surface area contributed by atoms with Crippen LogP contribution in [-0.2, 0) is 19.9 Å². The van der Waals surface area contributed by atoms with Gasteiger partial charge in [-0.3, -0.25) is 0 Å². The molecule has 1 aliphatic carbocycles. The number of nitrogens with zero attached hydrogens (tertiary/aromatic N) is 1. The number of nitrogens with two attached hydrogens (primary N) is 1. The van der Waals surface area contributed by atoms with Crippen LogP contribution in [0.2, 0.25) is 0 Å². The molecule has 17 heavy (non-hydrogen) atoms. The summed E-state index contributed by atoms with van der Waals surface area (Å²) in [5, 5.41) is -0.823. The highest BCUT2D eigenvalue weighted by Crippen LogP contribution is 2.25. The lowest BCUT2D eigenvalue weighted by Gasteiger charge is -2.27. The first kappa shape index (κ1) is 14.9. The van der Waals surface area contributed by atoms with Crippen LogP contribution in [0.15, 0.2) is 0 Å². The summed E-state index contributed by atoms with van der Waals surface area (Å²) in [5.74, 6) is 0. The number of sulfone groups is 1. The SMILES string of the molecule is CS(=O)(=O)CS(=O)(=O)N(CCN)C1CCCC1. The van der Waals surface area contributed by atoms with E-state index in [1.807, 2.05) is 0 Å². The lowest BCUT2D eigenvalue weighted by molar-refractivity contribution is 0.330. The van der Waals surface area contributed by atoms with Gasteiger partial charge in [0.05, 0.1) is 0 Å². The van der Waals surface area contributed by atoms with Crippen molar-refractivity contribution in [1.82, 2.24) is 4.31 Å². The molecule has 1 aliphatic rings. The molecule has 0 amide bonds. The maximum absolute atomic E-state index is 12.0. The van der Waals surface area contributed by atoms with E-state index < -0.39 is 24.9 Å². The molecule has 0 saturated heterocycles. The molecule has 0 aromatic rings. The minimum absolute atomic E-state index is 0.0784. The Balaban J connectivity index is 2.88. The number of hydrogen-bond acceptors (Lipinski definition) is 5. The Morgan fingerprint density at radius 1 is 1.18 bits per heavy atom. The van der Waals surface area contributed by atoms with Gasteiger partial charge < -0.3 is 5.73 Å². The standard InChI is InChI=1S/C9H20N2O4S2/c1-16(12,13)8-17(14,15)11(7-6-10)9-4-2-3-5-9/h9H,2-8,10H2,1H3. The van der Waals surface area contributed by atoms with Crippen molar-refractivity contribution in [3.05, 3.63) is 0 Å². The van der Waals surface area contributed by atoms with Gasteiger partial charge >= 0.3 is 0 Å². The molecule has 0 aromatic heterocycles. The first-order valence-corrected chi connectivity index (χ1v) is 9.30. The molecule has 0 aliphatic heterocycles. The van der Waals surface area contributed by atoms with E-state index in [0.29, 0.717) is 0 Å². The van der Waals surface area contributed by atoms with Gasteiger partial charge in [-0.05, 0) is 12.8 Å². The van der Waals surface area contributed by atoms with Gasteiger partial charge in [0.2, 0.25) is 10.0 Å². The Labute approximate surface area is 103 Å². The monoisotopic (exact) mass is 284 g/mol. The predicted molar refractivity (Wildman–Crippen MR) is 66.6 cm³/mol. The Kier molecular flexibility index (Phi) is 4.94. The summed E-state index contributed by atoms with van der Waals surface area (Å²) in [7, 11) is -7.31. The third kappa shape index (κ3) is 4.53. The summed E-state index contributed by atoms with van der Waals surface area (Å²) in [5.41, 5.74) is 5.40. The second kappa shape index (κ2) is 5.64. The summed E-state index contributed by atoms with van der Waals surface area (Å²) in [6, 6.07) is -0.0784. The van der Waals surface area contributed by atoms with Crippen LogP contribution in [0.5, 0.6) is 0 Å². The average Bonchev–Trinajstić information content (AvgIpc) is 2.62. The highest BCUT2D eigenvalue weighted by molar-refractivity contribution is 8.06. The molecule has 0 unspecified atom stereocenters. The van der Waals surface area contributed by atoms with Crippen LogP contribution in [0.4, 0.5) is 0 Å². The Hall–Kier alpha value is -0.180. The van der Waals surface area contributed by atoms with Crippen LogP contribution in [0.25, 0.3) is 0 Å². The van der Waals surface area contributed by atoms with Gasteiger partial charge in [0.15, 0.2) is 14.9 Å². The largest absolute Gasteiger partial charge is 0.329 e. The maximum atomic E-state index is 12.0. The first-order chi connectivity index (χ1) is 7.76. The molecule has 6 nitrogen and oxygen atoms in total. The predicted octanol–water partition coefficient (Wildman–Crippen LogP) is -0.478. The molecule has 1 fully saturated rings. The minimum atomic E-state index is -3.76. The zero-order valence-electron chi connectivity index (χ0n) is 10.0. The van der Waals surface area contributed by atoms with Crippen molar-refractivity contribution >= 4 is 19.9 Å². The van der Waals surface area contributed by atoms with Crippen molar-refractivity contribution in [2.24, 2.45) is 5.73 Å². The van der Waals surface area contributed by atoms with Crippen molar-refractivity contribution in [1.29, 1.82) is 0 Å². The van der Waals surface area contributed by atoms with Gasteiger partial charge in [-0.15, -0.1) is 0 Å². The first-order valence-electron chi connectivity index (χ1n) is 5.63. The van der Waals surface area contributed by atoms with Crippen LogP contribution in [-0.4, -0.2) is 51.6 Å². The number of rotatable bonds is 6. The summed E-state index contributed by atoms with van der Waals surface area (Å²) in [6.45, 7) is 0.405. The number of hydrogen-bond donors (Lipinski definition) is 1. The fraction of sp³-hybridized carbons (Fsp3) is 1.00. The molecule has 1 rings (SSSR count). The van der Waals surface area contributed by atoms with Crippen molar-refractivity contribution < 1.29 is 16.8 Å². The number of sulfonamides is 1. The van der Waals surface area contributed by atoms with E-state index in [0.717, 1.165) is 31.9 Å². The van der Waals surface area contributed by atoms with E-state index in [1.165, 1.54) is 4.31 Å². The molecule has 1 saturated carbocycles. The highest BCUT2D eigenvalue weighted by atomic mass is 32.3. The molecule has 0 atom stereocenters. The second-order valence-electron chi connectivity index (χ2n) is 4.49. The van der Waals surface area contributed by atoms with E-state index in [2.05, 4.69) is 0 Å². The zero-order chi connectivity index (χ0) is 13.1. The molecular formula is C9H20N2O4S2. The normalized spacial score (nSPS) is 19.0. The van der Waals surface area contributed by atoms with E-state index >= 15 is 0 Å². The van der Waals surface area contributed by atoms with Crippen molar-refractivity contribution in [3.8, 4) is 0 Å². The molecule has 0 spiro atoms. The van der Waals surface area contributed by atoms with E-state index in [9.17, 15) is 16.8 Å². The second-order valence-corrected chi connectivity index (χ2v) is 8.92. The molecular weight excluding hydrogens is 264 g/mol. The molecule has 0 heterocycles. The van der Waals surface area contributed by atoms with Crippen LogP contribution in [0, 0.1) is 0 Å². The average molecular weight is 284 g/mol. The van der Waals surface area contributed by atoms with E-state index in [4.69, 9.17) is 5.73 Å². The summed E-state index contributed by atoms with van der Waals surface area (Å²) >= 11 is 0. The third-order valence-corrected chi connectivity index (χ3v) is 6.90. The molecule has 0 aromatic carbocycles. The van der Waals surface area contributed by atoms with Crippen molar-refractivity contribution in [2.45, 2.75) is 31.7 Å². The lowest BCUT2D eigenvalue weighted by atomic mass is 10.2. The van der Waals surface area contributed by atoms with Crippen molar-refractivity contribution in [3.63, 3.8) is 0 Å². The highest BCUT2D eigenvalue weighted by Gasteiger charge is 2.33. The van der Waals surface area contributed by atoms with Gasteiger partial charge in [-0.1, -0.05) is 12.8 Å². The Morgan fingerprint density at radius 2 is 1.71 bits per heavy atom. The maximum Gasteiger partial charge on any atom is 0.228 e. The summed E-state index contributed by atoms with van der Waals surface area (Å²) in [4.78, 5) is 0. The van der Waals surface area contributed by atoms with Crippen LogP contribution >= 0.6 is 0 Å². The van der Waals surface area contributed by atoms with Crippen LogP contribution < -0.4 is 5.73 Å². The third-order valence-electron chi connectivity index (χ3n) is 2.80. The molecule has 102 valence electrons.